The first-order valence-electron chi connectivity index (χ1n) is 13.2. The largest absolute Gasteiger partial charge is 0.489 e. The molecule has 2 heterocycles. The lowest BCUT2D eigenvalue weighted by molar-refractivity contribution is -0.207. The Hall–Kier alpha value is -5.15. The van der Waals surface area contributed by atoms with E-state index in [9.17, 15) is 18.3 Å². The standard InChI is InChI=1S/C30H20F5N5O2/c31-23-8-3-22(4-9-23)17-42-25-11-5-20(6-12-25)1-2-21-7-14-28(36-16-21)30(34,35)29(41,18-40-19-37-38-39-40)26-13-10-24(32)15-27(26)33/h3-16,19,41H,17-18H2/t29-/m0/s1/i17D2. The summed E-state index contributed by atoms with van der Waals surface area (Å²) in [6, 6.07) is 14.9. The highest BCUT2D eigenvalue weighted by Crippen LogP contribution is 2.46. The fourth-order valence-corrected chi connectivity index (χ4v) is 3.92. The van der Waals surface area contributed by atoms with E-state index in [0.717, 1.165) is 47.5 Å². The van der Waals surface area contributed by atoms with Crippen LogP contribution < -0.4 is 4.74 Å². The number of tetrazole rings is 1. The molecule has 212 valence electrons. The maximum atomic E-state index is 15.9. The molecule has 0 aliphatic carbocycles. The number of pyridine rings is 1. The molecule has 0 bridgehead atoms. The van der Waals surface area contributed by atoms with E-state index in [2.05, 4.69) is 32.4 Å². The lowest BCUT2D eigenvalue weighted by atomic mass is 9.84. The van der Waals surface area contributed by atoms with Crippen LogP contribution in [0.4, 0.5) is 22.0 Å². The van der Waals surface area contributed by atoms with Crippen LogP contribution in [-0.2, 0) is 24.6 Å². The van der Waals surface area contributed by atoms with Crippen molar-refractivity contribution in [3.63, 3.8) is 0 Å². The molecule has 0 saturated heterocycles. The second-order valence-corrected chi connectivity index (χ2v) is 8.98. The molecule has 0 radical (unpaired) electrons. The lowest BCUT2D eigenvalue weighted by Gasteiger charge is -2.35. The van der Waals surface area contributed by atoms with E-state index in [-0.39, 0.29) is 16.9 Å². The molecule has 0 saturated carbocycles. The van der Waals surface area contributed by atoms with Gasteiger partial charge in [0.2, 0.25) is 0 Å². The first-order valence-corrected chi connectivity index (χ1v) is 12.2. The van der Waals surface area contributed by atoms with Gasteiger partial charge < -0.3 is 9.84 Å². The first-order chi connectivity index (χ1) is 20.9. The summed E-state index contributed by atoms with van der Waals surface area (Å²) in [5, 5.41) is 21.4. The summed E-state index contributed by atoms with van der Waals surface area (Å²) in [6.07, 6.45) is 2.00. The van der Waals surface area contributed by atoms with Crippen LogP contribution in [0.1, 0.15) is 30.7 Å². The van der Waals surface area contributed by atoms with E-state index in [4.69, 9.17) is 7.48 Å². The molecule has 0 unspecified atom stereocenters. The van der Waals surface area contributed by atoms with Crippen LogP contribution in [0.15, 0.2) is 91.4 Å². The molecule has 12 heteroatoms. The van der Waals surface area contributed by atoms with Crippen LogP contribution in [-0.4, -0.2) is 30.3 Å². The first kappa shape index (κ1) is 25.8. The van der Waals surface area contributed by atoms with Crippen molar-refractivity contribution in [1.82, 2.24) is 25.2 Å². The highest BCUT2D eigenvalue weighted by Gasteiger charge is 2.58. The van der Waals surface area contributed by atoms with Crippen molar-refractivity contribution in [2.24, 2.45) is 0 Å². The number of hydrogen-bond acceptors (Lipinski definition) is 6. The maximum Gasteiger partial charge on any atom is 0.323 e. The van der Waals surface area contributed by atoms with Crippen molar-refractivity contribution in [1.29, 1.82) is 0 Å². The summed E-state index contributed by atoms with van der Waals surface area (Å²) in [7, 11) is 0. The highest BCUT2D eigenvalue weighted by atomic mass is 19.3. The van der Waals surface area contributed by atoms with Gasteiger partial charge >= 0.3 is 5.92 Å². The third kappa shape index (κ3) is 6.11. The van der Waals surface area contributed by atoms with Gasteiger partial charge in [0.25, 0.3) is 0 Å². The second kappa shape index (κ2) is 11.8. The van der Waals surface area contributed by atoms with Gasteiger partial charge in [0.15, 0.2) is 5.60 Å². The monoisotopic (exact) mass is 579 g/mol. The zero-order valence-corrected chi connectivity index (χ0v) is 21.3. The minimum Gasteiger partial charge on any atom is -0.489 e. The van der Waals surface area contributed by atoms with E-state index >= 15 is 8.78 Å². The molecule has 0 spiro atoms. The van der Waals surface area contributed by atoms with E-state index in [1.54, 1.807) is 12.1 Å². The Bertz CT molecular complexity index is 1810. The molecule has 0 fully saturated rings. The summed E-state index contributed by atoms with van der Waals surface area (Å²) in [5.41, 5.74) is -4.23. The fourth-order valence-electron chi connectivity index (χ4n) is 3.92. The van der Waals surface area contributed by atoms with E-state index in [0.29, 0.717) is 11.6 Å². The van der Waals surface area contributed by atoms with Crippen molar-refractivity contribution in [3.05, 3.63) is 137 Å². The summed E-state index contributed by atoms with van der Waals surface area (Å²) >= 11 is 0. The molecule has 2 aromatic heterocycles. The third-order valence-corrected chi connectivity index (χ3v) is 6.10. The lowest BCUT2D eigenvalue weighted by Crippen LogP contribution is -2.48. The van der Waals surface area contributed by atoms with Gasteiger partial charge in [-0.2, -0.15) is 8.78 Å². The minimum absolute atomic E-state index is 0.126. The topological polar surface area (TPSA) is 86.0 Å². The molecule has 0 amide bonds. The van der Waals surface area contributed by atoms with Crippen molar-refractivity contribution in [2.45, 2.75) is 24.6 Å². The van der Waals surface area contributed by atoms with Gasteiger partial charge in [-0.1, -0.05) is 24.0 Å². The van der Waals surface area contributed by atoms with Crippen molar-refractivity contribution >= 4 is 0 Å². The van der Waals surface area contributed by atoms with Crippen molar-refractivity contribution in [3.8, 4) is 17.6 Å². The molecule has 5 rings (SSSR count). The summed E-state index contributed by atoms with van der Waals surface area (Å²) in [5.74, 6) is -1.37. The molecule has 3 aromatic carbocycles. The Balaban J connectivity index is 1.35. The SMILES string of the molecule is [2H]C([2H])(Oc1ccc(C#Cc2ccc(C(F)(F)[C@](O)(Cn3cnnn3)c3ccc(F)cc3F)nc2)cc1)c1ccc(F)cc1. The predicted molar refractivity (Wildman–Crippen MR) is 139 cm³/mol. The second-order valence-electron chi connectivity index (χ2n) is 8.98. The number of aliphatic hydroxyl groups is 1. The molecular formula is C30H20F5N5O2. The molecule has 1 atom stereocenters. The Labute approximate surface area is 239 Å². The van der Waals surface area contributed by atoms with Crippen LogP contribution in [0.3, 0.4) is 0 Å². The highest BCUT2D eigenvalue weighted by molar-refractivity contribution is 5.44. The van der Waals surface area contributed by atoms with E-state index in [1.807, 2.05) is 0 Å². The molecule has 1 N–H and O–H groups in total. The third-order valence-electron chi connectivity index (χ3n) is 6.10. The summed E-state index contributed by atoms with van der Waals surface area (Å²) in [4.78, 5) is 3.76. The van der Waals surface area contributed by atoms with Gasteiger partial charge in [0.1, 0.15) is 41.8 Å². The van der Waals surface area contributed by atoms with Crippen LogP contribution in [0.2, 0.25) is 0 Å². The number of nitrogens with zero attached hydrogens (tertiary/aromatic N) is 5. The summed E-state index contributed by atoms with van der Waals surface area (Å²) < 4.78 is 95.5. The summed E-state index contributed by atoms with van der Waals surface area (Å²) in [6.45, 7) is -3.21. The average Bonchev–Trinajstić information content (AvgIpc) is 3.50. The number of hydrogen-bond donors (Lipinski definition) is 1. The van der Waals surface area contributed by atoms with Crippen molar-refractivity contribution in [2.75, 3.05) is 0 Å². The molecule has 5 aromatic rings. The van der Waals surface area contributed by atoms with Gasteiger partial charge in [-0.05, 0) is 76.7 Å². The molecular weight excluding hydrogens is 557 g/mol. The quantitative estimate of drug-likeness (QED) is 0.202. The number of rotatable bonds is 8. The Kier molecular flexibility index (Phi) is 7.22. The van der Waals surface area contributed by atoms with E-state index < -0.39 is 53.3 Å². The van der Waals surface area contributed by atoms with Gasteiger partial charge in [-0.25, -0.2) is 17.9 Å². The Morgan fingerprint density at radius 1 is 0.881 bits per heavy atom. The molecule has 0 aliphatic heterocycles. The molecule has 7 nitrogen and oxygen atoms in total. The van der Waals surface area contributed by atoms with Gasteiger partial charge in [-0.3, -0.25) is 4.98 Å². The molecule has 0 aliphatic rings. The van der Waals surface area contributed by atoms with Gasteiger partial charge in [0.05, 0.1) is 9.29 Å². The number of ether oxygens (including phenoxy) is 1. The van der Waals surface area contributed by atoms with Crippen LogP contribution in [0, 0.1) is 29.3 Å². The van der Waals surface area contributed by atoms with Gasteiger partial charge in [-0.15, -0.1) is 5.10 Å². The minimum atomic E-state index is -4.21. The zero-order valence-electron chi connectivity index (χ0n) is 23.3. The zero-order chi connectivity index (χ0) is 31.5. The number of benzene rings is 3. The Morgan fingerprint density at radius 2 is 1.57 bits per heavy atom. The van der Waals surface area contributed by atoms with E-state index in [1.165, 1.54) is 30.3 Å². The van der Waals surface area contributed by atoms with Crippen molar-refractivity contribution < 1.29 is 34.5 Å². The Morgan fingerprint density at radius 3 is 2.21 bits per heavy atom. The van der Waals surface area contributed by atoms with Crippen LogP contribution in [0.5, 0.6) is 5.75 Å². The van der Waals surface area contributed by atoms with Crippen LogP contribution >= 0.6 is 0 Å². The number of halogens is 5. The fraction of sp³-hybridized carbons (Fsp3) is 0.133. The normalized spacial score (nSPS) is 13.8. The molecule has 42 heavy (non-hydrogen) atoms. The maximum absolute atomic E-state index is 15.9. The predicted octanol–water partition coefficient (Wildman–Crippen LogP) is 5.14. The van der Waals surface area contributed by atoms with Crippen LogP contribution in [0.25, 0.3) is 0 Å². The number of aromatic nitrogens is 5. The number of alkyl halides is 2. The smallest absolute Gasteiger partial charge is 0.323 e. The average molecular weight is 580 g/mol. The van der Waals surface area contributed by atoms with Gasteiger partial charge in [0, 0.05) is 29.0 Å².